The third-order valence-electron chi connectivity index (χ3n) is 3.43. The van der Waals surface area contributed by atoms with Crippen molar-refractivity contribution < 1.29 is 19.0 Å². The molecule has 0 bridgehead atoms. The summed E-state index contributed by atoms with van der Waals surface area (Å²) in [5.41, 5.74) is 0.477. The summed E-state index contributed by atoms with van der Waals surface area (Å²) in [6, 6.07) is 16.1. The summed E-state index contributed by atoms with van der Waals surface area (Å²) < 4.78 is 11.1. The van der Waals surface area contributed by atoms with Crippen LogP contribution in [0.2, 0.25) is 0 Å². The lowest BCUT2D eigenvalue weighted by Crippen LogP contribution is -2.44. The maximum absolute atomic E-state index is 12.3. The minimum absolute atomic E-state index is 0.184. The number of nitrogens with zero attached hydrogens (tertiary/aromatic N) is 2. The van der Waals surface area contributed by atoms with Crippen molar-refractivity contribution in [2.24, 2.45) is 4.99 Å². The predicted octanol–water partition coefficient (Wildman–Crippen LogP) is 0.560. The van der Waals surface area contributed by atoms with Crippen molar-refractivity contribution in [1.29, 1.82) is 0 Å². The van der Waals surface area contributed by atoms with Crippen molar-refractivity contribution in [3.8, 4) is 11.4 Å². The molecule has 0 radical (unpaired) electrons. The van der Waals surface area contributed by atoms with E-state index in [0.29, 0.717) is 11.4 Å². The van der Waals surface area contributed by atoms with Gasteiger partial charge in [-0.3, -0.25) is 9.52 Å². The second-order valence-corrected chi connectivity index (χ2v) is 4.97. The Morgan fingerprint density at radius 3 is 2.58 bits per heavy atom. The molecule has 0 aliphatic rings. The van der Waals surface area contributed by atoms with Gasteiger partial charge >= 0.3 is 11.3 Å². The normalized spacial score (nSPS) is 11.5. The lowest BCUT2D eigenvalue weighted by molar-refractivity contribution is -0.673. The van der Waals surface area contributed by atoms with Gasteiger partial charge < -0.3 is 9.84 Å². The van der Waals surface area contributed by atoms with Gasteiger partial charge in [-0.1, -0.05) is 30.3 Å². The number of nitrogens with one attached hydrogen (secondary N) is 1. The molecule has 1 heterocycles. The molecule has 24 heavy (non-hydrogen) atoms. The molecular weight excluding hydrogens is 310 g/mol. The van der Waals surface area contributed by atoms with Crippen LogP contribution < -0.4 is 20.2 Å². The van der Waals surface area contributed by atoms with Crippen LogP contribution in [0.25, 0.3) is 5.69 Å². The summed E-state index contributed by atoms with van der Waals surface area (Å²) in [5.74, 6) is 0.0107. The first-order valence-electron chi connectivity index (χ1n) is 7.23. The zero-order valence-electron chi connectivity index (χ0n) is 12.9. The zero-order chi connectivity index (χ0) is 16.9. The molecule has 7 heteroatoms. The monoisotopic (exact) mass is 325 g/mol. The Morgan fingerprint density at radius 1 is 1.21 bits per heavy atom. The van der Waals surface area contributed by atoms with E-state index in [9.17, 15) is 9.90 Å². The smallest absolute Gasteiger partial charge is 0.436 e. The van der Waals surface area contributed by atoms with Crippen LogP contribution in [0.1, 0.15) is 11.3 Å². The van der Waals surface area contributed by atoms with Crippen LogP contribution in [0.4, 0.5) is 0 Å². The second kappa shape index (κ2) is 6.82. The number of H-pyrrole nitrogens is 1. The number of ether oxygens (including phenoxy) is 1. The summed E-state index contributed by atoms with van der Waals surface area (Å²) in [7, 11) is 1.55. The van der Waals surface area contributed by atoms with E-state index < -0.39 is 11.5 Å². The molecule has 0 aliphatic carbocycles. The van der Waals surface area contributed by atoms with Crippen LogP contribution in [-0.4, -0.2) is 18.3 Å². The summed E-state index contributed by atoms with van der Waals surface area (Å²) in [4.78, 5) is 15.8. The molecule has 0 saturated carbocycles. The van der Waals surface area contributed by atoms with E-state index in [4.69, 9.17) is 9.26 Å². The Hall–Kier alpha value is -3.35. The van der Waals surface area contributed by atoms with Gasteiger partial charge in [-0.05, 0) is 27.6 Å². The molecule has 0 amide bonds. The molecule has 3 aromatic rings. The van der Waals surface area contributed by atoms with Crippen molar-refractivity contribution in [3.05, 3.63) is 76.3 Å². The average molecular weight is 325 g/mol. The Kier molecular flexibility index (Phi) is 4.42. The van der Waals surface area contributed by atoms with Crippen LogP contribution in [0.5, 0.6) is 5.75 Å². The molecular formula is C17H15N3O4. The highest BCUT2D eigenvalue weighted by atomic mass is 16.5. The molecule has 0 aliphatic heterocycles. The van der Waals surface area contributed by atoms with Gasteiger partial charge in [-0.15, -0.1) is 0 Å². The largest absolute Gasteiger partial charge is 0.854 e. The third kappa shape index (κ3) is 3.19. The molecule has 2 aromatic carbocycles. The van der Waals surface area contributed by atoms with E-state index in [2.05, 4.69) is 10.3 Å². The summed E-state index contributed by atoms with van der Waals surface area (Å²) in [6.07, 6.45) is 0. The van der Waals surface area contributed by atoms with Crippen LogP contribution in [-0.2, 0) is 6.54 Å². The molecule has 1 N–H and O–H groups in total. The van der Waals surface area contributed by atoms with Gasteiger partial charge in [0, 0.05) is 12.1 Å². The van der Waals surface area contributed by atoms with Gasteiger partial charge in [-0.25, -0.2) is 4.79 Å². The van der Waals surface area contributed by atoms with E-state index in [0.717, 1.165) is 5.56 Å². The standard InChI is InChI=1S/C17H15N3O4/c1-23-14-9-7-13(8-10-14)20-15(17(22)24-19-20)16(21)18-11-12-5-3-2-4-6-12/h2-10H,11H2,1H3,(H-,18,19,21,22). The number of hydrogen-bond donors (Lipinski definition) is 1. The molecule has 0 atom stereocenters. The molecule has 3 rings (SSSR count). The first kappa shape index (κ1) is 15.5. The minimum Gasteiger partial charge on any atom is -0.854 e. The third-order valence-corrected chi connectivity index (χ3v) is 3.43. The van der Waals surface area contributed by atoms with Gasteiger partial charge in [0.05, 0.1) is 19.6 Å². The maximum Gasteiger partial charge on any atom is 0.436 e. The van der Waals surface area contributed by atoms with Crippen molar-refractivity contribution >= 4 is 5.90 Å². The van der Waals surface area contributed by atoms with Gasteiger partial charge in [0.25, 0.3) is 0 Å². The molecule has 1 aromatic heterocycles. The summed E-state index contributed by atoms with van der Waals surface area (Å²) in [6.45, 7) is 0.187. The first-order chi connectivity index (χ1) is 11.7. The van der Waals surface area contributed by atoms with Crippen LogP contribution in [0, 0.1) is 0 Å². The molecule has 0 unspecified atom stereocenters. The predicted molar refractivity (Wildman–Crippen MR) is 84.1 cm³/mol. The quantitative estimate of drug-likeness (QED) is 0.421. The molecule has 122 valence electrons. The number of aliphatic imine (C=N–C) groups is 1. The van der Waals surface area contributed by atoms with Gasteiger partial charge in [-0.2, -0.15) is 0 Å². The van der Waals surface area contributed by atoms with Crippen molar-refractivity contribution in [1.82, 2.24) is 5.27 Å². The van der Waals surface area contributed by atoms with Crippen LogP contribution in [0.15, 0.2) is 68.9 Å². The van der Waals surface area contributed by atoms with Crippen molar-refractivity contribution in [3.63, 3.8) is 0 Å². The number of rotatable bonds is 5. The highest BCUT2D eigenvalue weighted by Gasteiger charge is 2.23. The Balaban J connectivity index is 1.93. The number of benzene rings is 2. The van der Waals surface area contributed by atoms with E-state index in [-0.39, 0.29) is 12.2 Å². The number of methoxy groups -OCH3 is 1. The van der Waals surface area contributed by atoms with Gasteiger partial charge in [0.1, 0.15) is 5.75 Å². The maximum atomic E-state index is 12.3. The SMILES string of the molecule is COc1ccc(-[n+]2[nH]oc(=O)c2C([O-])=NCc2ccccc2)cc1. The van der Waals surface area contributed by atoms with Gasteiger partial charge in [0.2, 0.25) is 5.69 Å². The molecule has 7 nitrogen and oxygen atoms in total. The van der Waals surface area contributed by atoms with E-state index in [1.165, 1.54) is 4.68 Å². The fourth-order valence-corrected chi connectivity index (χ4v) is 2.19. The molecule has 0 spiro atoms. The highest BCUT2D eigenvalue weighted by molar-refractivity contribution is 5.86. The lowest BCUT2D eigenvalue weighted by Gasteiger charge is -2.04. The average Bonchev–Trinajstić information content (AvgIpc) is 3.02. The Labute approximate surface area is 137 Å². The van der Waals surface area contributed by atoms with Crippen LogP contribution in [0.3, 0.4) is 0 Å². The number of aromatic nitrogens is 2. The zero-order valence-corrected chi connectivity index (χ0v) is 12.9. The molecule has 0 saturated heterocycles. The van der Waals surface area contributed by atoms with Gasteiger partial charge in [0.15, 0.2) is 0 Å². The van der Waals surface area contributed by atoms with E-state index >= 15 is 0 Å². The Bertz CT molecular complexity index is 896. The fraction of sp³-hybridized carbons (Fsp3) is 0.118. The second-order valence-electron chi connectivity index (χ2n) is 4.97. The summed E-state index contributed by atoms with van der Waals surface area (Å²) in [5, 5.41) is 14.7. The van der Waals surface area contributed by atoms with Crippen LogP contribution >= 0.6 is 0 Å². The Morgan fingerprint density at radius 2 is 1.92 bits per heavy atom. The van der Waals surface area contributed by atoms with E-state index in [1.807, 2.05) is 30.3 Å². The topological polar surface area (TPSA) is 94.5 Å². The minimum atomic E-state index is -0.771. The molecule has 0 fully saturated rings. The fourth-order valence-electron chi connectivity index (χ4n) is 2.19. The van der Waals surface area contributed by atoms with Crippen molar-refractivity contribution in [2.75, 3.05) is 7.11 Å². The number of hydrogen-bond acceptors (Lipinski definition) is 5. The highest BCUT2D eigenvalue weighted by Crippen LogP contribution is 2.11. The van der Waals surface area contributed by atoms with E-state index in [1.54, 1.807) is 31.4 Å². The first-order valence-corrected chi connectivity index (χ1v) is 7.23. The van der Waals surface area contributed by atoms with Crippen molar-refractivity contribution in [2.45, 2.75) is 6.54 Å². The summed E-state index contributed by atoms with van der Waals surface area (Å²) >= 11 is 0. The number of aromatic amines is 1. The lowest BCUT2D eigenvalue weighted by atomic mass is 10.2.